The number of aliphatic hydroxyl groups excluding tert-OH is 5. The number of amides is 2. The molecule has 5 N–H and O–H groups in total. The maximum Gasteiger partial charge on any atom is 0.261 e. The lowest BCUT2D eigenvalue weighted by Gasteiger charge is -2.46. The molecule has 9 heteroatoms. The van der Waals surface area contributed by atoms with E-state index in [0.29, 0.717) is 11.1 Å². The molecule has 1 saturated heterocycles. The molecule has 1 fully saturated rings. The normalized spacial score (nSPS) is 32.2. The highest BCUT2D eigenvalue weighted by molar-refractivity contribution is 6.21. The number of fused-ring (bicyclic) bond motifs is 1. The summed E-state index contributed by atoms with van der Waals surface area (Å²) in [6.45, 7) is -0.349. The van der Waals surface area contributed by atoms with Crippen LogP contribution in [0.4, 0.5) is 0 Å². The van der Waals surface area contributed by atoms with Gasteiger partial charge in [-0.15, -0.1) is 0 Å². The lowest BCUT2D eigenvalue weighted by molar-refractivity contribution is -0.222. The van der Waals surface area contributed by atoms with E-state index in [1.165, 1.54) is 4.90 Å². The molecule has 1 unspecified atom stereocenters. The summed E-state index contributed by atoms with van der Waals surface area (Å²) in [5, 5.41) is 49.0. The van der Waals surface area contributed by atoms with E-state index in [1.54, 1.807) is 24.3 Å². The first-order valence-corrected chi connectivity index (χ1v) is 8.42. The topological polar surface area (TPSA) is 142 Å². The molecule has 2 heterocycles. The van der Waals surface area contributed by atoms with Gasteiger partial charge >= 0.3 is 0 Å². The molecular formula is C17H22N2O7. The van der Waals surface area contributed by atoms with E-state index in [9.17, 15) is 35.1 Å². The van der Waals surface area contributed by atoms with Crippen LogP contribution in [0.25, 0.3) is 0 Å². The van der Waals surface area contributed by atoms with Gasteiger partial charge in [-0.3, -0.25) is 19.4 Å². The third-order valence-electron chi connectivity index (χ3n) is 5.03. The van der Waals surface area contributed by atoms with Crippen molar-refractivity contribution in [2.75, 3.05) is 19.7 Å². The molecule has 1 aromatic carbocycles. The summed E-state index contributed by atoms with van der Waals surface area (Å²) in [6, 6.07) is 5.56. The highest BCUT2D eigenvalue weighted by Crippen LogP contribution is 2.25. The van der Waals surface area contributed by atoms with Crippen molar-refractivity contribution in [3.8, 4) is 0 Å². The SMILES string of the molecule is O=C1c2ccccc2C(=O)N1CCCN1C(O)[C@H](O)[C@@H](O)[C@H](O)[C@H]1CO. The van der Waals surface area contributed by atoms with Gasteiger partial charge in [-0.2, -0.15) is 0 Å². The molecule has 3 rings (SSSR count). The van der Waals surface area contributed by atoms with Gasteiger partial charge < -0.3 is 25.5 Å². The van der Waals surface area contributed by atoms with E-state index in [0.717, 1.165) is 4.90 Å². The Kier molecular flexibility index (Phi) is 5.37. The Labute approximate surface area is 149 Å². The average Bonchev–Trinajstić information content (AvgIpc) is 2.89. The fourth-order valence-corrected chi connectivity index (χ4v) is 3.56. The highest BCUT2D eigenvalue weighted by Gasteiger charge is 2.46. The Morgan fingerprint density at radius 1 is 0.846 bits per heavy atom. The van der Waals surface area contributed by atoms with Crippen molar-refractivity contribution in [2.45, 2.75) is 37.0 Å². The van der Waals surface area contributed by atoms with Crippen molar-refractivity contribution in [3.63, 3.8) is 0 Å². The summed E-state index contributed by atoms with van der Waals surface area (Å²) in [7, 11) is 0. The van der Waals surface area contributed by atoms with Crippen LogP contribution in [-0.2, 0) is 0 Å². The van der Waals surface area contributed by atoms with Crippen molar-refractivity contribution < 1.29 is 35.1 Å². The zero-order chi connectivity index (χ0) is 19.0. The van der Waals surface area contributed by atoms with Gasteiger partial charge in [0.05, 0.1) is 23.8 Å². The zero-order valence-corrected chi connectivity index (χ0v) is 14.0. The summed E-state index contributed by atoms with van der Waals surface area (Å²) < 4.78 is 0. The fraction of sp³-hybridized carbons (Fsp3) is 0.529. The highest BCUT2D eigenvalue weighted by atomic mass is 16.4. The van der Waals surface area contributed by atoms with Crippen LogP contribution in [0.1, 0.15) is 27.1 Å². The largest absolute Gasteiger partial charge is 0.395 e. The van der Waals surface area contributed by atoms with Crippen LogP contribution in [0.5, 0.6) is 0 Å². The monoisotopic (exact) mass is 366 g/mol. The number of hydrogen-bond acceptors (Lipinski definition) is 8. The number of likely N-dealkylation sites (tertiary alicyclic amines) is 1. The molecule has 142 valence electrons. The van der Waals surface area contributed by atoms with Crippen LogP contribution in [-0.4, -0.2) is 97.4 Å². The molecule has 9 nitrogen and oxygen atoms in total. The van der Waals surface area contributed by atoms with E-state index in [2.05, 4.69) is 0 Å². The van der Waals surface area contributed by atoms with Gasteiger partial charge in [0.2, 0.25) is 0 Å². The smallest absolute Gasteiger partial charge is 0.261 e. The number of carbonyl (C=O) groups is 2. The summed E-state index contributed by atoms with van der Waals surface area (Å²) in [4.78, 5) is 27.0. The first-order valence-electron chi connectivity index (χ1n) is 8.42. The van der Waals surface area contributed by atoms with E-state index in [-0.39, 0.29) is 31.3 Å². The van der Waals surface area contributed by atoms with Crippen molar-refractivity contribution in [2.24, 2.45) is 0 Å². The predicted octanol–water partition coefficient (Wildman–Crippen LogP) is -2.25. The summed E-state index contributed by atoms with van der Waals surface area (Å²) in [6.07, 6.45) is -5.82. The lowest BCUT2D eigenvalue weighted by Crippen LogP contribution is -2.67. The quantitative estimate of drug-likeness (QED) is 0.368. The third kappa shape index (κ3) is 3.02. The van der Waals surface area contributed by atoms with Gasteiger partial charge in [0.1, 0.15) is 24.5 Å². The van der Waals surface area contributed by atoms with Gasteiger partial charge in [0.15, 0.2) is 0 Å². The first-order chi connectivity index (χ1) is 12.4. The molecule has 1 aromatic rings. The maximum absolute atomic E-state index is 12.3. The van der Waals surface area contributed by atoms with E-state index < -0.39 is 37.2 Å². The van der Waals surface area contributed by atoms with Crippen LogP contribution in [0.15, 0.2) is 24.3 Å². The number of rotatable bonds is 5. The summed E-state index contributed by atoms with van der Waals surface area (Å²) in [5.41, 5.74) is 0.690. The number of hydrogen-bond donors (Lipinski definition) is 5. The van der Waals surface area contributed by atoms with Crippen molar-refractivity contribution in [3.05, 3.63) is 35.4 Å². The third-order valence-corrected chi connectivity index (χ3v) is 5.03. The minimum Gasteiger partial charge on any atom is -0.395 e. The number of nitrogens with zero attached hydrogens (tertiary/aromatic N) is 2. The molecule has 26 heavy (non-hydrogen) atoms. The van der Waals surface area contributed by atoms with Crippen LogP contribution in [0, 0.1) is 0 Å². The van der Waals surface area contributed by atoms with Crippen LogP contribution < -0.4 is 0 Å². The van der Waals surface area contributed by atoms with E-state index >= 15 is 0 Å². The molecule has 2 aliphatic heterocycles. The number of imide groups is 1. The van der Waals surface area contributed by atoms with Crippen molar-refractivity contribution in [1.82, 2.24) is 9.80 Å². The standard InChI is InChI=1S/C17H22N2O7/c20-8-11-12(21)13(22)14(23)17(26)18(11)6-3-7-19-15(24)9-4-1-2-5-10(9)16(19)25/h1-2,4-5,11-14,17,20-23,26H,3,6-8H2/t11-,12-,13+,14-,17?/m1/s1. The molecule has 0 bridgehead atoms. The lowest BCUT2D eigenvalue weighted by atomic mass is 9.92. The molecule has 2 amide bonds. The van der Waals surface area contributed by atoms with Crippen molar-refractivity contribution in [1.29, 1.82) is 0 Å². The van der Waals surface area contributed by atoms with E-state index in [1.807, 2.05) is 0 Å². The van der Waals surface area contributed by atoms with Crippen molar-refractivity contribution >= 4 is 11.8 Å². The number of carbonyl (C=O) groups excluding carboxylic acids is 2. The van der Waals surface area contributed by atoms with Crippen LogP contribution >= 0.6 is 0 Å². The van der Waals surface area contributed by atoms with Gasteiger partial charge in [0, 0.05) is 13.1 Å². The second-order valence-electron chi connectivity index (χ2n) is 6.53. The van der Waals surface area contributed by atoms with E-state index in [4.69, 9.17) is 0 Å². The summed E-state index contributed by atoms with van der Waals surface area (Å²) in [5.74, 6) is -0.780. The molecular weight excluding hydrogens is 344 g/mol. The van der Waals surface area contributed by atoms with Crippen LogP contribution in [0.2, 0.25) is 0 Å². The number of aliphatic hydroxyl groups is 5. The molecule has 0 aromatic heterocycles. The van der Waals surface area contributed by atoms with Gasteiger partial charge in [-0.05, 0) is 18.6 Å². The Morgan fingerprint density at radius 3 is 1.96 bits per heavy atom. The first kappa shape index (κ1) is 18.9. The minimum atomic E-state index is -1.59. The summed E-state index contributed by atoms with van der Waals surface area (Å²) >= 11 is 0. The Hall–Kier alpha value is -1.88. The molecule has 0 radical (unpaired) electrons. The Bertz CT molecular complexity index is 662. The Morgan fingerprint density at radius 2 is 1.42 bits per heavy atom. The molecule has 0 spiro atoms. The second-order valence-corrected chi connectivity index (χ2v) is 6.53. The fourth-order valence-electron chi connectivity index (χ4n) is 3.56. The second kappa shape index (κ2) is 7.39. The number of benzene rings is 1. The maximum atomic E-state index is 12.3. The molecule has 5 atom stereocenters. The van der Waals surface area contributed by atoms with Gasteiger partial charge in [-0.1, -0.05) is 12.1 Å². The molecule has 2 aliphatic rings. The molecule has 0 saturated carbocycles. The van der Waals surface area contributed by atoms with Gasteiger partial charge in [-0.25, -0.2) is 0 Å². The van der Waals surface area contributed by atoms with Crippen LogP contribution in [0.3, 0.4) is 0 Å². The average molecular weight is 366 g/mol. The number of piperidine rings is 1. The Balaban J connectivity index is 1.64. The predicted molar refractivity (Wildman–Crippen MR) is 88.0 cm³/mol. The van der Waals surface area contributed by atoms with Gasteiger partial charge in [0.25, 0.3) is 11.8 Å². The molecule has 0 aliphatic carbocycles. The zero-order valence-electron chi connectivity index (χ0n) is 14.0. The minimum absolute atomic E-state index is 0.0858.